The Morgan fingerprint density at radius 1 is 1.25 bits per heavy atom. The second kappa shape index (κ2) is 8.66. The molecule has 1 heterocycles. The van der Waals surface area contributed by atoms with Crippen molar-refractivity contribution in [3.05, 3.63) is 35.4 Å². The van der Waals surface area contributed by atoms with Crippen molar-refractivity contribution < 1.29 is 23.5 Å². The van der Waals surface area contributed by atoms with Crippen molar-refractivity contribution in [3.63, 3.8) is 0 Å². The van der Waals surface area contributed by atoms with Crippen LogP contribution in [0.25, 0.3) is 0 Å². The number of carbonyl (C=O) groups is 2. The molecule has 6 heteroatoms. The minimum absolute atomic E-state index is 0.0448. The Morgan fingerprint density at radius 2 is 1.96 bits per heavy atom. The number of halogens is 1. The summed E-state index contributed by atoms with van der Waals surface area (Å²) < 4.78 is 24.3. The third kappa shape index (κ3) is 5.22. The van der Waals surface area contributed by atoms with Gasteiger partial charge in [0.1, 0.15) is 12.8 Å². The van der Waals surface area contributed by atoms with E-state index in [1.807, 2.05) is 31.2 Å². The van der Waals surface area contributed by atoms with Crippen molar-refractivity contribution in [2.24, 2.45) is 5.92 Å². The lowest BCUT2D eigenvalue weighted by Crippen LogP contribution is -2.45. The highest BCUT2D eigenvalue weighted by atomic mass is 19.1. The van der Waals surface area contributed by atoms with Gasteiger partial charge in [-0.2, -0.15) is 0 Å². The molecule has 24 heavy (non-hydrogen) atoms. The highest BCUT2D eigenvalue weighted by Crippen LogP contribution is 2.24. The van der Waals surface area contributed by atoms with Gasteiger partial charge in [-0.3, -0.25) is 4.79 Å². The van der Waals surface area contributed by atoms with Crippen molar-refractivity contribution in [1.29, 1.82) is 0 Å². The molecule has 1 saturated heterocycles. The highest BCUT2D eigenvalue weighted by molar-refractivity contribution is 5.70. The van der Waals surface area contributed by atoms with Gasteiger partial charge in [0.25, 0.3) is 0 Å². The van der Waals surface area contributed by atoms with Crippen molar-refractivity contribution in [3.8, 4) is 0 Å². The van der Waals surface area contributed by atoms with Gasteiger partial charge >= 0.3 is 12.1 Å². The Kier molecular flexibility index (Phi) is 6.58. The van der Waals surface area contributed by atoms with Crippen LogP contribution in [0.3, 0.4) is 0 Å². The number of nitrogens with zero attached hydrogens (tertiary/aromatic N) is 1. The summed E-state index contributed by atoms with van der Waals surface area (Å²) in [5.74, 6) is -0.786. The van der Waals surface area contributed by atoms with Crippen LogP contribution >= 0.6 is 0 Å². The van der Waals surface area contributed by atoms with E-state index in [2.05, 4.69) is 0 Å². The molecule has 132 valence electrons. The number of likely N-dealkylation sites (tertiary alicyclic amines) is 1. The number of ether oxygens (including phenoxy) is 2. The molecule has 2 atom stereocenters. The molecule has 1 aliphatic rings. The molecule has 0 spiro atoms. The summed E-state index contributed by atoms with van der Waals surface area (Å²) in [7, 11) is 0. The fourth-order valence-electron chi connectivity index (χ4n) is 2.70. The average Bonchev–Trinajstić information content (AvgIpc) is 2.56. The third-order valence-electron chi connectivity index (χ3n) is 4.15. The quantitative estimate of drug-likeness (QED) is 0.774. The summed E-state index contributed by atoms with van der Waals surface area (Å²) in [5, 5.41) is 0. The van der Waals surface area contributed by atoms with Crippen molar-refractivity contribution in [2.45, 2.75) is 39.5 Å². The molecule has 2 rings (SSSR count). The molecule has 1 aromatic carbocycles. The number of aryl methyl sites for hydroxylation is 1. The summed E-state index contributed by atoms with van der Waals surface area (Å²) >= 11 is 0. The van der Waals surface area contributed by atoms with E-state index in [0.717, 1.165) is 11.1 Å². The highest BCUT2D eigenvalue weighted by Gasteiger charge is 2.33. The maximum absolute atomic E-state index is 14.2. The average molecular weight is 337 g/mol. The zero-order valence-electron chi connectivity index (χ0n) is 14.2. The van der Waals surface area contributed by atoms with Crippen LogP contribution in [0, 0.1) is 12.8 Å². The second-order valence-electron chi connectivity index (χ2n) is 6.06. The molecule has 0 radical (unpaired) electrons. The predicted octanol–water partition coefficient (Wildman–Crippen LogP) is 3.24. The van der Waals surface area contributed by atoms with Crippen LogP contribution in [0.2, 0.25) is 0 Å². The summed E-state index contributed by atoms with van der Waals surface area (Å²) in [6, 6.07) is 7.68. The van der Waals surface area contributed by atoms with Crippen LogP contribution in [0.4, 0.5) is 9.18 Å². The monoisotopic (exact) mass is 337 g/mol. The van der Waals surface area contributed by atoms with E-state index in [0.29, 0.717) is 19.6 Å². The third-order valence-corrected chi connectivity index (χ3v) is 4.15. The van der Waals surface area contributed by atoms with E-state index in [1.54, 1.807) is 6.92 Å². The van der Waals surface area contributed by atoms with Gasteiger partial charge in [0, 0.05) is 12.5 Å². The first-order chi connectivity index (χ1) is 11.5. The van der Waals surface area contributed by atoms with Crippen LogP contribution in [-0.4, -0.2) is 42.8 Å². The zero-order valence-corrected chi connectivity index (χ0v) is 14.2. The van der Waals surface area contributed by atoms with E-state index in [9.17, 15) is 14.0 Å². The Labute approximate surface area is 141 Å². The largest absolute Gasteiger partial charge is 0.466 e. The number of alkyl halides is 1. The Morgan fingerprint density at radius 3 is 2.58 bits per heavy atom. The molecule has 0 aromatic heterocycles. The smallest absolute Gasteiger partial charge is 0.410 e. The molecule has 1 amide bonds. The number of amides is 1. The molecule has 0 aliphatic carbocycles. The minimum atomic E-state index is -1.24. The van der Waals surface area contributed by atoms with Gasteiger partial charge < -0.3 is 14.4 Å². The van der Waals surface area contributed by atoms with Gasteiger partial charge in [0.15, 0.2) is 0 Å². The van der Waals surface area contributed by atoms with Gasteiger partial charge in [0.2, 0.25) is 0 Å². The second-order valence-corrected chi connectivity index (χ2v) is 6.06. The topological polar surface area (TPSA) is 55.8 Å². The molecular weight excluding hydrogens is 313 g/mol. The molecule has 0 N–H and O–H groups in total. The molecule has 0 saturated carbocycles. The number of hydrogen-bond donors (Lipinski definition) is 0. The number of esters is 1. The molecular formula is C18H24FNO4. The summed E-state index contributed by atoms with van der Waals surface area (Å²) in [6.07, 6.45) is -1.27. The Hall–Kier alpha value is -2.11. The first kappa shape index (κ1) is 18.2. The van der Waals surface area contributed by atoms with Crippen LogP contribution in [-0.2, 0) is 20.9 Å². The fourth-order valence-corrected chi connectivity index (χ4v) is 2.70. The number of rotatable bonds is 5. The Balaban J connectivity index is 1.78. The van der Waals surface area contributed by atoms with Crippen LogP contribution in [0.1, 0.15) is 30.9 Å². The van der Waals surface area contributed by atoms with Crippen LogP contribution < -0.4 is 0 Å². The number of piperidine rings is 1. The van der Waals surface area contributed by atoms with E-state index < -0.39 is 18.2 Å². The maximum atomic E-state index is 14.2. The van der Waals surface area contributed by atoms with Gasteiger partial charge in [-0.1, -0.05) is 29.8 Å². The van der Waals surface area contributed by atoms with Gasteiger partial charge in [-0.25, -0.2) is 9.18 Å². The summed E-state index contributed by atoms with van der Waals surface area (Å²) in [5.41, 5.74) is 2.02. The summed E-state index contributed by atoms with van der Waals surface area (Å²) in [6.45, 7) is 4.50. The van der Waals surface area contributed by atoms with E-state index in [-0.39, 0.29) is 25.5 Å². The lowest BCUT2D eigenvalue weighted by atomic mass is 9.92. The fraction of sp³-hybridized carbons (Fsp3) is 0.556. The van der Waals surface area contributed by atoms with Crippen LogP contribution in [0.5, 0.6) is 0 Å². The van der Waals surface area contributed by atoms with Crippen molar-refractivity contribution in [2.75, 3.05) is 19.7 Å². The molecule has 0 unspecified atom stereocenters. The SMILES string of the molecule is CCOC(=O)C[C@H]1CCN(C(=O)OCc2ccc(C)cc2)C[C@@H]1F. The van der Waals surface area contributed by atoms with Gasteiger partial charge in [-0.05, 0) is 25.8 Å². The standard InChI is InChI=1S/C18H24FNO4/c1-3-23-17(21)10-15-8-9-20(11-16(15)19)18(22)24-12-14-6-4-13(2)5-7-14/h4-7,15-16H,3,8-12H2,1-2H3/t15-,16+/m1/s1. The Bertz CT molecular complexity index is 561. The molecule has 1 aliphatic heterocycles. The lowest BCUT2D eigenvalue weighted by Gasteiger charge is -2.33. The lowest BCUT2D eigenvalue weighted by molar-refractivity contribution is -0.145. The van der Waals surface area contributed by atoms with E-state index >= 15 is 0 Å². The normalized spacial score (nSPS) is 20.5. The maximum Gasteiger partial charge on any atom is 0.410 e. The first-order valence-electron chi connectivity index (χ1n) is 8.26. The van der Waals surface area contributed by atoms with E-state index in [4.69, 9.17) is 9.47 Å². The first-order valence-corrected chi connectivity index (χ1v) is 8.26. The molecule has 1 aromatic rings. The van der Waals surface area contributed by atoms with Gasteiger partial charge in [-0.15, -0.1) is 0 Å². The number of carbonyl (C=O) groups excluding carboxylic acids is 2. The number of benzene rings is 1. The van der Waals surface area contributed by atoms with Gasteiger partial charge in [0.05, 0.1) is 19.6 Å². The molecule has 1 fully saturated rings. The molecule has 5 nitrogen and oxygen atoms in total. The van der Waals surface area contributed by atoms with Crippen molar-refractivity contribution >= 4 is 12.1 Å². The van der Waals surface area contributed by atoms with E-state index in [1.165, 1.54) is 4.90 Å². The minimum Gasteiger partial charge on any atom is -0.466 e. The predicted molar refractivity (Wildman–Crippen MR) is 87.2 cm³/mol. The zero-order chi connectivity index (χ0) is 17.5. The molecule has 0 bridgehead atoms. The summed E-state index contributed by atoms with van der Waals surface area (Å²) in [4.78, 5) is 24.9. The number of hydrogen-bond acceptors (Lipinski definition) is 4. The van der Waals surface area contributed by atoms with Crippen LogP contribution in [0.15, 0.2) is 24.3 Å². The van der Waals surface area contributed by atoms with Crippen molar-refractivity contribution in [1.82, 2.24) is 4.90 Å².